The topological polar surface area (TPSA) is 76.1 Å². The van der Waals surface area contributed by atoms with Crippen LogP contribution in [0.4, 0.5) is 0 Å². The molecule has 1 amide bonds. The van der Waals surface area contributed by atoms with Crippen molar-refractivity contribution in [3.05, 3.63) is 28.8 Å². The second kappa shape index (κ2) is 6.98. The number of carboxylic acid groups (broad SMARTS) is 1. The van der Waals surface area contributed by atoms with Crippen molar-refractivity contribution in [1.29, 1.82) is 0 Å². The highest BCUT2D eigenvalue weighted by Crippen LogP contribution is 2.26. The van der Waals surface area contributed by atoms with Gasteiger partial charge in [-0.1, -0.05) is 17.7 Å². The first-order valence-electron chi connectivity index (χ1n) is 6.94. The molecule has 2 rings (SSSR count). The van der Waals surface area contributed by atoms with Gasteiger partial charge < -0.3 is 19.5 Å². The summed E-state index contributed by atoms with van der Waals surface area (Å²) in [5.74, 6) is -1.08. The van der Waals surface area contributed by atoms with Crippen LogP contribution < -0.4 is 4.74 Å². The number of hydrogen-bond donors (Lipinski definition) is 1. The van der Waals surface area contributed by atoms with Crippen molar-refractivity contribution in [1.82, 2.24) is 4.90 Å². The van der Waals surface area contributed by atoms with Crippen molar-refractivity contribution >= 4 is 23.5 Å². The minimum atomic E-state index is -1.09. The van der Waals surface area contributed by atoms with Crippen molar-refractivity contribution in [3.63, 3.8) is 0 Å². The van der Waals surface area contributed by atoms with Gasteiger partial charge in [0.2, 0.25) is 0 Å². The molecule has 1 aromatic carbocycles. The molecule has 2 atom stereocenters. The van der Waals surface area contributed by atoms with Crippen molar-refractivity contribution < 1.29 is 24.2 Å². The summed E-state index contributed by atoms with van der Waals surface area (Å²) in [6.07, 6.45) is -0.834. The zero-order valence-corrected chi connectivity index (χ0v) is 13.2. The van der Waals surface area contributed by atoms with Crippen molar-refractivity contribution in [2.75, 3.05) is 19.8 Å². The van der Waals surface area contributed by atoms with Crippen molar-refractivity contribution in [2.24, 2.45) is 0 Å². The lowest BCUT2D eigenvalue weighted by Gasteiger charge is -2.34. The maximum absolute atomic E-state index is 12.5. The van der Waals surface area contributed by atoms with Crippen LogP contribution in [0.3, 0.4) is 0 Å². The Morgan fingerprint density at radius 3 is 2.91 bits per heavy atom. The molecule has 1 aliphatic rings. The monoisotopic (exact) mass is 327 g/mol. The fourth-order valence-electron chi connectivity index (χ4n) is 2.25. The zero-order valence-electron chi connectivity index (χ0n) is 12.4. The minimum Gasteiger partial charge on any atom is -0.480 e. The van der Waals surface area contributed by atoms with E-state index < -0.39 is 24.0 Å². The van der Waals surface area contributed by atoms with E-state index >= 15 is 0 Å². The number of ether oxygens (including phenoxy) is 2. The lowest BCUT2D eigenvalue weighted by molar-refractivity contribution is -0.161. The summed E-state index contributed by atoms with van der Waals surface area (Å²) < 4.78 is 10.7. The van der Waals surface area contributed by atoms with Gasteiger partial charge in [-0.3, -0.25) is 4.79 Å². The third kappa shape index (κ3) is 3.69. The summed E-state index contributed by atoms with van der Waals surface area (Å²) in [4.78, 5) is 24.9. The molecular weight excluding hydrogens is 310 g/mol. The van der Waals surface area contributed by atoms with Gasteiger partial charge in [0.25, 0.3) is 5.91 Å². The number of carbonyl (C=O) groups excluding carboxylic acids is 1. The van der Waals surface area contributed by atoms with Crippen LogP contribution in [0.5, 0.6) is 5.75 Å². The lowest BCUT2D eigenvalue weighted by atomic mass is 10.2. The van der Waals surface area contributed by atoms with E-state index in [0.717, 1.165) is 5.56 Å². The van der Waals surface area contributed by atoms with Gasteiger partial charge in [0.05, 0.1) is 18.2 Å². The maximum Gasteiger partial charge on any atom is 0.328 e. The van der Waals surface area contributed by atoms with Crippen molar-refractivity contribution in [2.45, 2.75) is 26.0 Å². The Labute approximate surface area is 133 Å². The van der Waals surface area contributed by atoms with Crippen LogP contribution in [-0.2, 0) is 14.3 Å². The van der Waals surface area contributed by atoms with E-state index in [1.54, 1.807) is 19.1 Å². The second-order valence-electron chi connectivity index (χ2n) is 5.15. The van der Waals surface area contributed by atoms with Gasteiger partial charge in [-0.15, -0.1) is 0 Å². The highest BCUT2D eigenvalue weighted by Gasteiger charge is 2.35. The van der Waals surface area contributed by atoms with Crippen LogP contribution in [-0.4, -0.2) is 53.8 Å². The molecule has 1 aliphatic heterocycles. The van der Waals surface area contributed by atoms with E-state index in [1.807, 2.05) is 13.0 Å². The molecule has 0 saturated carbocycles. The molecular formula is C15H18ClNO5. The number of rotatable bonds is 4. The van der Waals surface area contributed by atoms with Crippen molar-refractivity contribution in [3.8, 4) is 5.75 Å². The largest absolute Gasteiger partial charge is 0.480 e. The number of nitrogens with zero attached hydrogens (tertiary/aromatic N) is 1. The number of aliphatic carboxylic acids is 1. The van der Waals surface area contributed by atoms with E-state index in [1.165, 1.54) is 4.90 Å². The summed E-state index contributed by atoms with van der Waals surface area (Å²) >= 11 is 6.05. The predicted molar refractivity (Wildman–Crippen MR) is 80.2 cm³/mol. The fraction of sp³-hybridized carbons (Fsp3) is 0.467. The highest BCUT2D eigenvalue weighted by molar-refractivity contribution is 6.32. The summed E-state index contributed by atoms with van der Waals surface area (Å²) in [5, 5.41) is 9.58. The average Bonchev–Trinajstić information content (AvgIpc) is 2.50. The van der Waals surface area contributed by atoms with Gasteiger partial charge in [-0.05, 0) is 31.5 Å². The Kier molecular flexibility index (Phi) is 5.26. The number of carboxylic acids is 1. The Bertz CT molecular complexity index is 577. The Balaban J connectivity index is 2.10. The number of amides is 1. The molecule has 120 valence electrons. The van der Waals surface area contributed by atoms with Crippen LogP contribution in [0, 0.1) is 6.92 Å². The normalized spacial score (nSPS) is 19.6. The zero-order chi connectivity index (χ0) is 16.3. The van der Waals surface area contributed by atoms with E-state index in [-0.39, 0.29) is 13.2 Å². The van der Waals surface area contributed by atoms with Crippen LogP contribution in [0.1, 0.15) is 12.5 Å². The number of carbonyl (C=O) groups is 2. The van der Waals surface area contributed by atoms with Crippen LogP contribution in [0.15, 0.2) is 18.2 Å². The molecule has 0 radical (unpaired) electrons. The summed E-state index contributed by atoms with van der Waals surface area (Å²) in [6, 6.07) is 4.28. The first-order chi connectivity index (χ1) is 10.4. The molecule has 0 aliphatic carbocycles. The molecule has 0 spiro atoms. The van der Waals surface area contributed by atoms with Gasteiger partial charge in [0, 0.05) is 6.54 Å². The Morgan fingerprint density at radius 1 is 1.50 bits per heavy atom. The van der Waals surface area contributed by atoms with Crippen LogP contribution >= 0.6 is 11.6 Å². The van der Waals surface area contributed by atoms with Gasteiger partial charge in [0.1, 0.15) is 5.75 Å². The molecule has 6 nitrogen and oxygen atoms in total. The second-order valence-corrected chi connectivity index (χ2v) is 5.56. The number of halogens is 1. The van der Waals surface area contributed by atoms with Crippen LogP contribution in [0.2, 0.25) is 5.02 Å². The van der Waals surface area contributed by atoms with E-state index in [4.69, 9.17) is 21.1 Å². The smallest absolute Gasteiger partial charge is 0.328 e. The molecule has 1 heterocycles. The van der Waals surface area contributed by atoms with Gasteiger partial charge >= 0.3 is 5.97 Å². The molecule has 1 aromatic rings. The summed E-state index contributed by atoms with van der Waals surface area (Å²) in [7, 11) is 0. The van der Waals surface area contributed by atoms with Crippen LogP contribution in [0.25, 0.3) is 0 Å². The Morgan fingerprint density at radius 2 is 2.23 bits per heavy atom. The lowest BCUT2D eigenvalue weighted by Crippen LogP contribution is -2.55. The number of benzene rings is 1. The molecule has 1 N–H and O–H groups in total. The quantitative estimate of drug-likeness (QED) is 0.911. The fourth-order valence-corrected chi connectivity index (χ4v) is 2.41. The van der Waals surface area contributed by atoms with E-state index in [9.17, 15) is 14.7 Å². The molecule has 0 bridgehead atoms. The average molecular weight is 328 g/mol. The SMILES string of the molecule is Cc1ccc(Cl)c(O[C@H](C)C(=O)N2CCOC[C@H]2C(=O)O)c1. The molecule has 1 saturated heterocycles. The summed E-state index contributed by atoms with van der Waals surface area (Å²) in [6.45, 7) is 3.99. The van der Waals surface area contributed by atoms with Gasteiger partial charge in [0.15, 0.2) is 12.1 Å². The molecule has 22 heavy (non-hydrogen) atoms. The summed E-state index contributed by atoms with van der Waals surface area (Å²) in [5.41, 5.74) is 0.953. The minimum absolute atomic E-state index is 0.0149. The van der Waals surface area contributed by atoms with E-state index in [0.29, 0.717) is 17.4 Å². The highest BCUT2D eigenvalue weighted by atomic mass is 35.5. The molecule has 7 heteroatoms. The third-order valence-corrected chi connectivity index (χ3v) is 3.75. The standard InChI is InChI=1S/C15H18ClNO5/c1-9-3-4-11(16)13(7-9)22-10(2)14(18)17-5-6-21-8-12(17)15(19)20/h3-4,7,10,12H,5-6,8H2,1-2H3,(H,19,20)/t10-,12+/m1/s1. The molecule has 1 fully saturated rings. The number of morpholine rings is 1. The molecule has 0 unspecified atom stereocenters. The van der Waals surface area contributed by atoms with E-state index in [2.05, 4.69) is 0 Å². The Hall–Kier alpha value is -1.79. The first-order valence-corrected chi connectivity index (χ1v) is 7.31. The predicted octanol–water partition coefficient (Wildman–Crippen LogP) is 1.73. The number of hydrogen-bond acceptors (Lipinski definition) is 4. The van der Waals surface area contributed by atoms with Gasteiger partial charge in [-0.2, -0.15) is 0 Å². The maximum atomic E-state index is 12.5. The number of aryl methyl sites for hydroxylation is 1. The first kappa shape index (κ1) is 16.6. The van der Waals surface area contributed by atoms with Gasteiger partial charge in [-0.25, -0.2) is 4.79 Å². The third-order valence-electron chi connectivity index (χ3n) is 3.43. The molecule has 0 aromatic heterocycles.